The molecule has 140 valence electrons. The van der Waals surface area contributed by atoms with Crippen LogP contribution in [0, 0.1) is 5.82 Å². The molecule has 0 bridgehead atoms. The van der Waals surface area contributed by atoms with Gasteiger partial charge in [0.1, 0.15) is 5.82 Å². The Kier molecular flexibility index (Phi) is 6.15. The van der Waals surface area contributed by atoms with Crippen LogP contribution in [0.4, 0.5) is 4.39 Å². The Morgan fingerprint density at radius 1 is 1.12 bits per heavy atom. The summed E-state index contributed by atoms with van der Waals surface area (Å²) in [6, 6.07) is 13.5. The van der Waals surface area contributed by atoms with Gasteiger partial charge in [-0.2, -0.15) is 0 Å². The molecule has 1 aliphatic heterocycles. The lowest BCUT2D eigenvalue weighted by Crippen LogP contribution is -2.22. The lowest BCUT2D eigenvalue weighted by molar-refractivity contribution is 0.222. The number of nitrogens with zero attached hydrogens (tertiary/aromatic N) is 1. The zero-order valence-electron chi connectivity index (χ0n) is 15.9. The van der Waals surface area contributed by atoms with E-state index in [1.807, 2.05) is 39.0 Å². The van der Waals surface area contributed by atoms with Crippen molar-refractivity contribution in [2.24, 2.45) is 0 Å². The minimum atomic E-state index is -0.180. The van der Waals surface area contributed by atoms with Gasteiger partial charge in [-0.1, -0.05) is 18.2 Å². The first kappa shape index (κ1) is 18.7. The van der Waals surface area contributed by atoms with Crippen LogP contribution in [-0.4, -0.2) is 24.2 Å². The maximum Gasteiger partial charge on any atom is 0.161 e. The smallest absolute Gasteiger partial charge is 0.161 e. The molecule has 2 aromatic rings. The predicted molar refractivity (Wildman–Crippen MR) is 102 cm³/mol. The first-order chi connectivity index (χ1) is 12.6. The number of halogens is 1. The van der Waals surface area contributed by atoms with Gasteiger partial charge >= 0.3 is 0 Å². The molecule has 1 atom stereocenters. The maximum atomic E-state index is 13.2. The Balaban J connectivity index is 1.76. The largest absolute Gasteiger partial charge is 0.490 e. The van der Waals surface area contributed by atoms with E-state index in [1.165, 1.54) is 11.1 Å². The molecule has 1 heterocycles. The molecule has 1 fully saturated rings. The van der Waals surface area contributed by atoms with Crippen molar-refractivity contribution in [1.82, 2.24) is 4.90 Å². The molecule has 0 radical (unpaired) electrons. The van der Waals surface area contributed by atoms with Gasteiger partial charge in [0, 0.05) is 12.6 Å². The predicted octanol–water partition coefficient (Wildman–Crippen LogP) is 5.35. The second kappa shape index (κ2) is 8.54. The highest BCUT2D eigenvalue weighted by molar-refractivity contribution is 5.43. The average Bonchev–Trinajstić information content (AvgIpc) is 3.06. The van der Waals surface area contributed by atoms with Gasteiger partial charge in [0.25, 0.3) is 0 Å². The third-order valence-electron chi connectivity index (χ3n) is 4.67. The highest BCUT2D eigenvalue weighted by atomic mass is 19.1. The maximum absolute atomic E-state index is 13.2. The summed E-state index contributed by atoms with van der Waals surface area (Å²) < 4.78 is 24.9. The van der Waals surface area contributed by atoms with Crippen molar-refractivity contribution in [3.63, 3.8) is 0 Å². The minimum absolute atomic E-state index is 0.112. The van der Waals surface area contributed by atoms with Gasteiger partial charge in [-0.15, -0.1) is 0 Å². The fourth-order valence-electron chi connectivity index (χ4n) is 3.58. The molecular weight excluding hydrogens is 329 g/mol. The highest BCUT2D eigenvalue weighted by Crippen LogP contribution is 2.35. The zero-order valence-corrected chi connectivity index (χ0v) is 15.9. The summed E-state index contributed by atoms with van der Waals surface area (Å²) in [5.74, 6) is 1.42. The van der Waals surface area contributed by atoms with Gasteiger partial charge < -0.3 is 9.47 Å². The SMILES string of the molecule is CCOc1cc(CN2CCCC2c2ccc(F)cc2)ccc1OC(C)C. The molecule has 0 N–H and O–H groups in total. The van der Waals surface area contributed by atoms with Crippen molar-refractivity contribution >= 4 is 0 Å². The molecule has 1 saturated heterocycles. The van der Waals surface area contributed by atoms with Crippen LogP contribution >= 0.6 is 0 Å². The highest BCUT2D eigenvalue weighted by Gasteiger charge is 2.26. The third-order valence-corrected chi connectivity index (χ3v) is 4.67. The number of hydrogen-bond donors (Lipinski definition) is 0. The van der Waals surface area contributed by atoms with Gasteiger partial charge in [-0.25, -0.2) is 4.39 Å². The molecule has 0 amide bonds. The van der Waals surface area contributed by atoms with Gasteiger partial charge in [0.15, 0.2) is 11.5 Å². The first-order valence-electron chi connectivity index (χ1n) is 9.48. The second-order valence-electron chi connectivity index (χ2n) is 7.06. The van der Waals surface area contributed by atoms with E-state index in [2.05, 4.69) is 17.0 Å². The van der Waals surface area contributed by atoms with Gasteiger partial charge in [-0.05, 0) is 75.5 Å². The summed E-state index contributed by atoms with van der Waals surface area (Å²) in [5.41, 5.74) is 2.40. The normalized spacial score (nSPS) is 17.7. The van der Waals surface area contributed by atoms with Crippen molar-refractivity contribution in [3.8, 4) is 11.5 Å². The van der Waals surface area contributed by atoms with Crippen LogP contribution in [-0.2, 0) is 6.54 Å². The molecule has 1 unspecified atom stereocenters. The van der Waals surface area contributed by atoms with Gasteiger partial charge in [0.05, 0.1) is 12.7 Å². The monoisotopic (exact) mass is 357 g/mol. The van der Waals surface area contributed by atoms with Gasteiger partial charge in [-0.3, -0.25) is 4.90 Å². The van der Waals surface area contributed by atoms with Crippen LogP contribution < -0.4 is 9.47 Å². The average molecular weight is 357 g/mol. The molecule has 0 aromatic heterocycles. The summed E-state index contributed by atoms with van der Waals surface area (Å²) in [5, 5.41) is 0. The van der Waals surface area contributed by atoms with Crippen LogP contribution in [0.3, 0.4) is 0 Å². The molecule has 3 nitrogen and oxygen atoms in total. The molecule has 1 aliphatic rings. The zero-order chi connectivity index (χ0) is 18.5. The topological polar surface area (TPSA) is 21.7 Å². The Labute approximate surface area is 155 Å². The molecular formula is C22H28FNO2. The summed E-state index contributed by atoms with van der Waals surface area (Å²) >= 11 is 0. The van der Waals surface area contributed by atoms with E-state index in [4.69, 9.17) is 9.47 Å². The minimum Gasteiger partial charge on any atom is -0.490 e. The van der Waals surface area contributed by atoms with Crippen molar-refractivity contribution in [2.45, 2.75) is 52.3 Å². The summed E-state index contributed by atoms with van der Waals surface area (Å²) in [4.78, 5) is 2.46. The van der Waals surface area contributed by atoms with E-state index in [-0.39, 0.29) is 11.9 Å². The summed E-state index contributed by atoms with van der Waals surface area (Å²) in [6.07, 6.45) is 2.38. The second-order valence-corrected chi connectivity index (χ2v) is 7.06. The van der Waals surface area contributed by atoms with Crippen molar-refractivity contribution < 1.29 is 13.9 Å². The van der Waals surface area contributed by atoms with E-state index in [1.54, 1.807) is 12.1 Å². The molecule has 0 aliphatic carbocycles. The number of rotatable bonds is 7. The molecule has 26 heavy (non-hydrogen) atoms. The van der Waals surface area contributed by atoms with E-state index in [9.17, 15) is 4.39 Å². The number of hydrogen-bond acceptors (Lipinski definition) is 3. The summed E-state index contributed by atoms with van der Waals surface area (Å²) in [7, 11) is 0. The fraction of sp³-hybridized carbons (Fsp3) is 0.455. The Morgan fingerprint density at radius 2 is 1.88 bits per heavy atom. The Morgan fingerprint density at radius 3 is 2.58 bits per heavy atom. The lowest BCUT2D eigenvalue weighted by atomic mass is 10.0. The van der Waals surface area contributed by atoms with E-state index in [0.29, 0.717) is 12.6 Å². The van der Waals surface area contributed by atoms with Crippen LogP contribution in [0.5, 0.6) is 11.5 Å². The first-order valence-corrected chi connectivity index (χ1v) is 9.48. The van der Waals surface area contributed by atoms with Gasteiger partial charge in [0.2, 0.25) is 0 Å². The number of ether oxygens (including phenoxy) is 2. The lowest BCUT2D eigenvalue weighted by Gasteiger charge is -2.25. The van der Waals surface area contributed by atoms with Crippen LogP contribution in [0.25, 0.3) is 0 Å². The molecule has 2 aromatic carbocycles. The Hall–Kier alpha value is -2.07. The molecule has 0 spiro atoms. The van der Waals surface area contributed by atoms with E-state index < -0.39 is 0 Å². The van der Waals surface area contributed by atoms with Crippen molar-refractivity contribution in [3.05, 3.63) is 59.4 Å². The Bertz CT molecular complexity index is 715. The molecule has 3 rings (SSSR count). The van der Waals surface area contributed by atoms with E-state index in [0.717, 1.165) is 37.4 Å². The molecule has 4 heteroatoms. The summed E-state index contributed by atoms with van der Waals surface area (Å²) in [6.45, 7) is 8.53. The standard InChI is InChI=1S/C22H28FNO2/c1-4-25-22-14-17(7-12-21(22)26-16(2)3)15-24-13-5-6-20(24)18-8-10-19(23)11-9-18/h7-12,14,16,20H,4-6,13,15H2,1-3H3. The number of benzene rings is 2. The molecule has 0 saturated carbocycles. The van der Waals surface area contributed by atoms with Crippen molar-refractivity contribution in [2.75, 3.05) is 13.2 Å². The van der Waals surface area contributed by atoms with Crippen LogP contribution in [0.1, 0.15) is 50.8 Å². The fourth-order valence-corrected chi connectivity index (χ4v) is 3.58. The quantitative estimate of drug-likeness (QED) is 0.667. The van der Waals surface area contributed by atoms with Crippen LogP contribution in [0.2, 0.25) is 0 Å². The number of likely N-dealkylation sites (tertiary alicyclic amines) is 1. The van der Waals surface area contributed by atoms with Crippen molar-refractivity contribution in [1.29, 1.82) is 0 Å². The van der Waals surface area contributed by atoms with E-state index >= 15 is 0 Å². The third kappa shape index (κ3) is 4.55. The van der Waals surface area contributed by atoms with Crippen LogP contribution in [0.15, 0.2) is 42.5 Å².